The molecule has 0 bridgehead atoms. The number of aliphatic hydroxyl groups is 1. The quantitative estimate of drug-likeness (QED) is 0.626. The van der Waals surface area contributed by atoms with E-state index < -0.39 is 17.3 Å². The highest BCUT2D eigenvalue weighted by molar-refractivity contribution is 5.81. The lowest BCUT2D eigenvalue weighted by Crippen LogP contribution is -2.53. The van der Waals surface area contributed by atoms with E-state index in [0.717, 1.165) is 6.07 Å². The number of aromatic nitrogens is 3. The molecule has 7 nitrogen and oxygen atoms in total. The highest BCUT2D eigenvalue weighted by Gasteiger charge is 2.41. The van der Waals surface area contributed by atoms with Crippen molar-refractivity contribution >= 4 is 11.0 Å². The van der Waals surface area contributed by atoms with Crippen molar-refractivity contribution in [2.75, 3.05) is 6.61 Å². The Morgan fingerprint density at radius 3 is 2.74 bits per heavy atom. The number of halogens is 3. The fourth-order valence-electron chi connectivity index (χ4n) is 4.31. The van der Waals surface area contributed by atoms with Crippen molar-refractivity contribution in [1.29, 1.82) is 0 Å². The third kappa shape index (κ3) is 4.27. The van der Waals surface area contributed by atoms with Gasteiger partial charge in [-0.2, -0.15) is 13.2 Å². The minimum absolute atomic E-state index is 0.0414. The molecular weight excluding hydrogens is 413 g/mol. The van der Waals surface area contributed by atoms with Crippen molar-refractivity contribution in [2.45, 2.75) is 63.5 Å². The van der Waals surface area contributed by atoms with Crippen molar-refractivity contribution in [3.8, 4) is 5.75 Å². The van der Waals surface area contributed by atoms with E-state index in [2.05, 4.69) is 15.3 Å². The predicted molar refractivity (Wildman–Crippen MR) is 107 cm³/mol. The minimum atomic E-state index is -4.55. The number of hydrogen-bond donors (Lipinski definition) is 2. The average molecular weight is 438 g/mol. The van der Waals surface area contributed by atoms with Crippen LogP contribution in [0.15, 0.2) is 35.5 Å². The maximum absolute atomic E-state index is 13.8. The molecule has 0 aliphatic carbocycles. The summed E-state index contributed by atoms with van der Waals surface area (Å²) in [5.74, 6) is 0.0823. The van der Waals surface area contributed by atoms with Gasteiger partial charge in [-0.25, -0.2) is 9.97 Å². The van der Waals surface area contributed by atoms with E-state index in [1.807, 2.05) is 6.92 Å². The highest BCUT2D eigenvalue weighted by Crippen LogP contribution is 2.39. The predicted octanol–water partition coefficient (Wildman–Crippen LogP) is 4.03. The molecule has 1 fully saturated rings. The second-order valence-electron chi connectivity index (χ2n) is 8.47. The van der Waals surface area contributed by atoms with Crippen molar-refractivity contribution in [3.05, 3.63) is 42.4 Å². The summed E-state index contributed by atoms with van der Waals surface area (Å²) in [6.07, 6.45) is 0.263. The molecule has 0 saturated carbocycles. The Morgan fingerprint density at radius 2 is 2.10 bits per heavy atom. The first-order valence-electron chi connectivity index (χ1n) is 10.1. The lowest BCUT2D eigenvalue weighted by molar-refractivity contribution is -0.136. The van der Waals surface area contributed by atoms with Crippen LogP contribution in [0.1, 0.15) is 50.9 Å². The first kappa shape index (κ1) is 21.6. The maximum atomic E-state index is 13.8. The Hall–Kier alpha value is -2.59. The number of fused-ring (bicyclic) bond motifs is 1. The van der Waals surface area contributed by atoms with Crippen molar-refractivity contribution < 1.29 is 27.4 Å². The van der Waals surface area contributed by atoms with E-state index >= 15 is 0 Å². The molecule has 2 aromatic heterocycles. The van der Waals surface area contributed by atoms with Crippen LogP contribution in [-0.4, -0.2) is 38.3 Å². The maximum Gasteiger partial charge on any atom is 0.418 e. The second-order valence-corrected chi connectivity index (χ2v) is 8.47. The summed E-state index contributed by atoms with van der Waals surface area (Å²) < 4.78 is 53.6. The molecule has 1 saturated heterocycles. The number of nitrogens with one attached hydrogen (secondary N) is 1. The normalized spacial score (nSPS) is 24.8. The fourth-order valence-corrected chi connectivity index (χ4v) is 4.31. The molecule has 0 unspecified atom stereocenters. The lowest BCUT2D eigenvalue weighted by Gasteiger charge is -2.39. The van der Waals surface area contributed by atoms with Crippen molar-refractivity contribution in [1.82, 2.24) is 19.9 Å². The molecule has 0 radical (unpaired) electrons. The smallest absolute Gasteiger partial charge is 0.418 e. The van der Waals surface area contributed by atoms with Gasteiger partial charge in [-0.3, -0.25) is 0 Å². The summed E-state index contributed by atoms with van der Waals surface area (Å²) in [6, 6.07) is 2.03. The molecule has 31 heavy (non-hydrogen) atoms. The third-order valence-electron chi connectivity index (χ3n) is 5.61. The first-order chi connectivity index (χ1) is 14.6. The van der Waals surface area contributed by atoms with Crippen LogP contribution in [0.2, 0.25) is 0 Å². The van der Waals surface area contributed by atoms with Gasteiger partial charge in [0.1, 0.15) is 29.9 Å². The van der Waals surface area contributed by atoms with Gasteiger partial charge in [-0.05, 0) is 33.3 Å². The largest absolute Gasteiger partial charge is 0.492 e. The van der Waals surface area contributed by atoms with Crippen LogP contribution < -0.4 is 10.1 Å². The molecule has 0 amide bonds. The van der Waals surface area contributed by atoms with E-state index in [1.54, 1.807) is 13.8 Å². The molecule has 3 aromatic rings. The minimum Gasteiger partial charge on any atom is -0.492 e. The highest BCUT2D eigenvalue weighted by atomic mass is 19.4. The summed E-state index contributed by atoms with van der Waals surface area (Å²) in [5, 5.41) is 14.4. The summed E-state index contributed by atoms with van der Waals surface area (Å²) >= 11 is 0. The summed E-state index contributed by atoms with van der Waals surface area (Å²) in [7, 11) is 0. The Labute approximate surface area is 177 Å². The molecule has 1 aliphatic rings. The summed E-state index contributed by atoms with van der Waals surface area (Å²) in [4.78, 5) is 8.21. The zero-order valence-electron chi connectivity index (χ0n) is 17.5. The van der Waals surface area contributed by atoms with Crippen LogP contribution in [0.25, 0.3) is 11.0 Å². The van der Waals surface area contributed by atoms with Gasteiger partial charge in [-0.1, -0.05) is 0 Å². The number of benzene rings is 1. The van der Waals surface area contributed by atoms with Crippen LogP contribution in [0.4, 0.5) is 13.2 Å². The number of alkyl halides is 3. The molecular formula is C21H25F3N4O3. The van der Waals surface area contributed by atoms with Gasteiger partial charge in [0.25, 0.3) is 0 Å². The van der Waals surface area contributed by atoms with E-state index in [4.69, 9.17) is 9.15 Å². The monoisotopic (exact) mass is 438 g/mol. The van der Waals surface area contributed by atoms with Gasteiger partial charge < -0.3 is 24.1 Å². The van der Waals surface area contributed by atoms with Crippen LogP contribution in [0.5, 0.6) is 5.75 Å². The zero-order valence-corrected chi connectivity index (χ0v) is 17.5. The van der Waals surface area contributed by atoms with Crippen LogP contribution in [0.3, 0.4) is 0 Å². The van der Waals surface area contributed by atoms with Crippen LogP contribution >= 0.6 is 0 Å². The van der Waals surface area contributed by atoms with E-state index in [9.17, 15) is 18.3 Å². The van der Waals surface area contributed by atoms with Crippen LogP contribution in [-0.2, 0) is 11.8 Å². The number of imidazole rings is 1. The summed E-state index contributed by atoms with van der Waals surface area (Å²) in [6.45, 7) is 5.61. The molecule has 1 aliphatic heterocycles. The Bertz CT molecular complexity index is 1050. The molecule has 1 aromatic carbocycles. The SMILES string of the molecule is CC(C)n1cnc2cc(OC[C@@H]3C[C@](O)(c4cocn4)C[C@H](C)N3)cc(C(F)(F)F)c21. The summed E-state index contributed by atoms with van der Waals surface area (Å²) in [5.41, 5.74) is -1.27. The number of piperidine rings is 1. The van der Waals surface area contributed by atoms with E-state index in [1.165, 1.54) is 29.6 Å². The van der Waals surface area contributed by atoms with Gasteiger partial charge in [0.15, 0.2) is 6.39 Å². The van der Waals surface area contributed by atoms with Crippen LogP contribution in [0, 0.1) is 0 Å². The van der Waals surface area contributed by atoms with Gasteiger partial charge in [-0.15, -0.1) is 0 Å². The van der Waals surface area contributed by atoms with Gasteiger partial charge >= 0.3 is 6.18 Å². The number of oxazole rings is 1. The third-order valence-corrected chi connectivity index (χ3v) is 5.61. The average Bonchev–Trinajstić information content (AvgIpc) is 3.34. The number of nitrogens with zero attached hydrogens (tertiary/aromatic N) is 3. The molecule has 3 heterocycles. The Morgan fingerprint density at radius 1 is 1.32 bits per heavy atom. The zero-order chi connectivity index (χ0) is 22.4. The number of ether oxygens (including phenoxy) is 1. The van der Waals surface area contributed by atoms with Gasteiger partial charge in [0, 0.05) is 30.6 Å². The second kappa shape index (κ2) is 7.83. The molecule has 0 spiro atoms. The molecule has 4 rings (SSSR count). The Kier molecular flexibility index (Phi) is 5.47. The van der Waals surface area contributed by atoms with Gasteiger partial charge in [0.05, 0.1) is 22.9 Å². The molecule has 10 heteroatoms. The van der Waals surface area contributed by atoms with Crippen molar-refractivity contribution in [3.63, 3.8) is 0 Å². The standard InChI is InChI=1S/C21H25F3N4O3/c1-12(2)28-10-25-17-5-15(4-16(19(17)28)21(22,23)24)31-8-14-7-20(29,6-13(3)27-14)18-9-30-11-26-18/h4-5,9-14,27,29H,6-8H2,1-3H3/t13-,14-,20-/m0/s1. The fraction of sp³-hybridized carbons (Fsp3) is 0.524. The molecule has 168 valence electrons. The first-order valence-corrected chi connectivity index (χ1v) is 10.1. The topological polar surface area (TPSA) is 85.3 Å². The van der Waals surface area contributed by atoms with E-state index in [-0.39, 0.29) is 41.5 Å². The molecule has 3 atom stereocenters. The van der Waals surface area contributed by atoms with Gasteiger partial charge in [0.2, 0.25) is 0 Å². The lowest BCUT2D eigenvalue weighted by atomic mass is 9.82. The number of hydrogen-bond acceptors (Lipinski definition) is 6. The Balaban J connectivity index is 1.58. The number of rotatable bonds is 5. The molecule has 2 N–H and O–H groups in total. The van der Waals surface area contributed by atoms with E-state index in [0.29, 0.717) is 18.5 Å². The van der Waals surface area contributed by atoms with Crippen molar-refractivity contribution in [2.24, 2.45) is 0 Å².